The normalized spacial score (nSPS) is 13.4. The molecule has 2 rings (SSSR count). The largest absolute Gasteiger partial charge is 0.298 e. The number of nitrogens with zero attached hydrogens (tertiary/aromatic N) is 4. The minimum Gasteiger partial charge on any atom is -0.298 e. The molecular weight excluding hydrogens is 214 g/mol. The highest BCUT2D eigenvalue weighted by atomic mass is 15.3. The van der Waals surface area contributed by atoms with Gasteiger partial charge in [-0.1, -0.05) is 6.07 Å². The summed E-state index contributed by atoms with van der Waals surface area (Å²) in [4.78, 5) is 2.22. The van der Waals surface area contributed by atoms with Crippen molar-refractivity contribution in [2.45, 2.75) is 13.1 Å². The van der Waals surface area contributed by atoms with Crippen molar-refractivity contribution in [2.24, 2.45) is 5.10 Å². The number of nitrogens with one attached hydrogen (secondary N) is 1. The first kappa shape index (κ1) is 11.1. The third kappa shape index (κ3) is 2.41. The average molecular weight is 225 g/mol. The SMILES string of the molecule is CN1Cc2ccc(NN=C(C#N)C#N)cc2C1. The fraction of sp³-hybridized carbons (Fsp3) is 0.250. The van der Waals surface area contributed by atoms with Crippen molar-refractivity contribution >= 4 is 11.4 Å². The molecule has 0 unspecified atom stereocenters. The molecule has 5 nitrogen and oxygen atoms in total. The first-order chi connectivity index (χ1) is 8.22. The van der Waals surface area contributed by atoms with Crippen LogP contribution < -0.4 is 5.43 Å². The highest BCUT2D eigenvalue weighted by molar-refractivity contribution is 6.10. The molecule has 1 aromatic rings. The molecule has 1 aromatic carbocycles. The van der Waals surface area contributed by atoms with Crippen LogP contribution in [0.25, 0.3) is 0 Å². The van der Waals surface area contributed by atoms with Gasteiger partial charge in [0.05, 0.1) is 5.69 Å². The van der Waals surface area contributed by atoms with Crippen molar-refractivity contribution < 1.29 is 0 Å². The monoisotopic (exact) mass is 225 g/mol. The minimum atomic E-state index is -0.178. The van der Waals surface area contributed by atoms with Crippen molar-refractivity contribution in [3.05, 3.63) is 29.3 Å². The summed E-state index contributed by atoms with van der Waals surface area (Å²) in [7, 11) is 2.06. The number of benzene rings is 1. The van der Waals surface area contributed by atoms with E-state index in [1.54, 1.807) is 12.1 Å². The van der Waals surface area contributed by atoms with Crippen LogP contribution in [0.5, 0.6) is 0 Å². The van der Waals surface area contributed by atoms with Gasteiger partial charge in [-0.2, -0.15) is 15.6 Å². The number of hydrogen-bond donors (Lipinski definition) is 1. The molecule has 0 amide bonds. The van der Waals surface area contributed by atoms with Crippen molar-refractivity contribution in [3.8, 4) is 12.1 Å². The van der Waals surface area contributed by atoms with Crippen LogP contribution in [0, 0.1) is 22.7 Å². The van der Waals surface area contributed by atoms with Crippen LogP contribution in [-0.4, -0.2) is 17.7 Å². The van der Waals surface area contributed by atoms with Gasteiger partial charge in [0.1, 0.15) is 12.1 Å². The van der Waals surface area contributed by atoms with Crippen molar-refractivity contribution in [1.29, 1.82) is 10.5 Å². The molecule has 1 heterocycles. The fourth-order valence-corrected chi connectivity index (χ4v) is 1.83. The minimum absolute atomic E-state index is 0.178. The van der Waals surface area contributed by atoms with E-state index in [9.17, 15) is 0 Å². The van der Waals surface area contributed by atoms with Crippen molar-refractivity contribution in [2.75, 3.05) is 12.5 Å². The summed E-state index contributed by atoms with van der Waals surface area (Å²) in [5.74, 6) is 0. The zero-order valence-electron chi connectivity index (χ0n) is 9.44. The Morgan fingerprint density at radius 3 is 2.71 bits per heavy atom. The van der Waals surface area contributed by atoms with Crippen molar-refractivity contribution in [3.63, 3.8) is 0 Å². The van der Waals surface area contributed by atoms with E-state index in [2.05, 4.69) is 22.5 Å². The Hall–Kier alpha value is -2.37. The molecule has 1 aliphatic heterocycles. The van der Waals surface area contributed by atoms with Gasteiger partial charge >= 0.3 is 0 Å². The second-order valence-corrected chi connectivity index (χ2v) is 3.95. The number of rotatable bonds is 2. The van der Waals surface area contributed by atoms with Crippen LogP contribution in [0.4, 0.5) is 5.69 Å². The molecule has 0 radical (unpaired) electrons. The van der Waals surface area contributed by atoms with Crippen LogP contribution in [0.2, 0.25) is 0 Å². The van der Waals surface area contributed by atoms with Gasteiger partial charge in [-0.3, -0.25) is 10.3 Å². The van der Waals surface area contributed by atoms with Gasteiger partial charge in [0.2, 0.25) is 5.71 Å². The van der Waals surface area contributed by atoms with E-state index in [0.717, 1.165) is 18.8 Å². The Balaban J connectivity index is 2.16. The van der Waals surface area contributed by atoms with Gasteiger partial charge in [0.25, 0.3) is 0 Å². The second kappa shape index (κ2) is 4.65. The number of nitriles is 2. The maximum atomic E-state index is 8.54. The Labute approximate surface area is 99.6 Å². The summed E-state index contributed by atoms with van der Waals surface area (Å²) in [5.41, 5.74) is 5.89. The predicted molar refractivity (Wildman–Crippen MR) is 63.9 cm³/mol. The quantitative estimate of drug-likeness (QED) is 0.610. The predicted octanol–water partition coefficient (Wildman–Crippen LogP) is 1.45. The topological polar surface area (TPSA) is 75.2 Å². The first-order valence-electron chi connectivity index (χ1n) is 5.17. The third-order valence-corrected chi connectivity index (χ3v) is 2.60. The lowest BCUT2D eigenvalue weighted by molar-refractivity contribution is 0.353. The maximum Gasteiger partial charge on any atom is 0.237 e. The maximum absolute atomic E-state index is 8.54. The van der Waals surface area contributed by atoms with E-state index in [4.69, 9.17) is 10.5 Å². The summed E-state index contributed by atoms with van der Waals surface area (Å²) in [5, 5.41) is 20.8. The van der Waals surface area contributed by atoms with Gasteiger partial charge in [0, 0.05) is 13.1 Å². The number of hydrogen-bond acceptors (Lipinski definition) is 5. The fourth-order valence-electron chi connectivity index (χ4n) is 1.83. The highest BCUT2D eigenvalue weighted by Gasteiger charge is 2.15. The Bertz CT molecular complexity index is 531. The molecule has 0 saturated heterocycles. The van der Waals surface area contributed by atoms with Gasteiger partial charge in [-0.05, 0) is 30.3 Å². The molecule has 0 bridgehead atoms. The van der Waals surface area contributed by atoms with Crippen molar-refractivity contribution in [1.82, 2.24) is 4.90 Å². The van der Waals surface area contributed by atoms with E-state index in [0.29, 0.717) is 0 Å². The van der Waals surface area contributed by atoms with E-state index < -0.39 is 0 Å². The molecule has 1 N–H and O–H groups in total. The molecule has 5 heteroatoms. The third-order valence-electron chi connectivity index (χ3n) is 2.60. The van der Waals surface area contributed by atoms with Crippen LogP contribution in [-0.2, 0) is 13.1 Å². The zero-order valence-corrected chi connectivity index (χ0v) is 9.44. The van der Waals surface area contributed by atoms with Crippen LogP contribution in [0.3, 0.4) is 0 Å². The van der Waals surface area contributed by atoms with Gasteiger partial charge < -0.3 is 0 Å². The molecule has 0 atom stereocenters. The average Bonchev–Trinajstić information content (AvgIpc) is 2.69. The summed E-state index contributed by atoms with van der Waals surface area (Å²) in [6.07, 6.45) is 0. The first-order valence-corrected chi connectivity index (χ1v) is 5.17. The summed E-state index contributed by atoms with van der Waals surface area (Å²) < 4.78 is 0. The summed E-state index contributed by atoms with van der Waals surface area (Å²) in [6.45, 7) is 1.87. The zero-order chi connectivity index (χ0) is 12.3. The molecule has 0 fully saturated rings. The molecule has 0 aromatic heterocycles. The van der Waals surface area contributed by atoms with Gasteiger partial charge in [-0.25, -0.2) is 0 Å². The Kier molecular flexibility index (Phi) is 3.04. The lowest BCUT2D eigenvalue weighted by atomic mass is 10.1. The smallest absolute Gasteiger partial charge is 0.237 e. The van der Waals surface area contributed by atoms with E-state index in [1.807, 2.05) is 18.2 Å². The molecule has 84 valence electrons. The van der Waals surface area contributed by atoms with Crippen LogP contribution >= 0.6 is 0 Å². The van der Waals surface area contributed by atoms with Gasteiger partial charge in [-0.15, -0.1) is 0 Å². The van der Waals surface area contributed by atoms with E-state index in [1.165, 1.54) is 11.1 Å². The van der Waals surface area contributed by atoms with Gasteiger partial charge in [0.15, 0.2) is 0 Å². The molecular formula is C12H11N5. The summed E-state index contributed by atoms with van der Waals surface area (Å²) >= 11 is 0. The number of hydrazone groups is 1. The molecule has 0 spiro atoms. The molecule has 17 heavy (non-hydrogen) atoms. The number of fused-ring (bicyclic) bond motifs is 1. The van der Waals surface area contributed by atoms with Crippen LogP contribution in [0.1, 0.15) is 11.1 Å². The Morgan fingerprint density at radius 2 is 2.00 bits per heavy atom. The second-order valence-electron chi connectivity index (χ2n) is 3.95. The molecule has 0 aliphatic carbocycles. The molecule has 1 aliphatic rings. The van der Waals surface area contributed by atoms with E-state index >= 15 is 0 Å². The standard InChI is InChI=1S/C12H11N5/c1-17-7-9-2-3-11(4-10(9)8-17)15-16-12(5-13)6-14/h2-4,15H,7-8H2,1H3. The summed E-state index contributed by atoms with van der Waals surface area (Å²) in [6, 6.07) is 9.33. The lowest BCUT2D eigenvalue weighted by Crippen LogP contribution is -2.07. The lowest BCUT2D eigenvalue weighted by Gasteiger charge is -2.03. The molecule has 0 saturated carbocycles. The van der Waals surface area contributed by atoms with Crippen LogP contribution in [0.15, 0.2) is 23.3 Å². The van der Waals surface area contributed by atoms with E-state index in [-0.39, 0.29) is 5.71 Å². The highest BCUT2D eigenvalue weighted by Crippen LogP contribution is 2.24. The number of anilines is 1. The Morgan fingerprint density at radius 1 is 1.29 bits per heavy atom.